The zero-order valence-electron chi connectivity index (χ0n) is 9.76. The van der Waals surface area contributed by atoms with E-state index in [1.165, 1.54) is 5.56 Å². The summed E-state index contributed by atoms with van der Waals surface area (Å²) in [5.41, 5.74) is 7.78. The van der Waals surface area contributed by atoms with Crippen molar-refractivity contribution in [3.63, 3.8) is 0 Å². The number of aliphatic hydroxyl groups is 1. The van der Waals surface area contributed by atoms with Gasteiger partial charge in [-0.25, -0.2) is 0 Å². The molecule has 1 fully saturated rings. The Hall–Kier alpha value is -1.06. The maximum absolute atomic E-state index is 9.96. The van der Waals surface area contributed by atoms with Crippen molar-refractivity contribution in [2.45, 2.75) is 18.9 Å². The van der Waals surface area contributed by atoms with Gasteiger partial charge in [0.25, 0.3) is 0 Å². The molecule has 1 saturated heterocycles. The van der Waals surface area contributed by atoms with E-state index in [-0.39, 0.29) is 6.10 Å². The summed E-state index contributed by atoms with van der Waals surface area (Å²) >= 11 is 0. The van der Waals surface area contributed by atoms with Crippen LogP contribution in [-0.2, 0) is 6.42 Å². The molecule has 1 aromatic carbocycles. The third-order valence-corrected chi connectivity index (χ3v) is 3.35. The molecule has 3 heteroatoms. The molecule has 0 radical (unpaired) electrons. The van der Waals surface area contributed by atoms with E-state index in [0.717, 1.165) is 31.6 Å². The summed E-state index contributed by atoms with van der Waals surface area (Å²) in [5.74, 6) is 0.334. The average Bonchev–Trinajstić information content (AvgIpc) is 2.24. The van der Waals surface area contributed by atoms with E-state index >= 15 is 0 Å². The van der Waals surface area contributed by atoms with Crippen LogP contribution in [0.3, 0.4) is 0 Å². The first-order chi connectivity index (χ1) is 7.65. The number of nitrogens with two attached hydrogens (primary N) is 1. The number of rotatable bonds is 2. The fourth-order valence-electron chi connectivity index (χ4n) is 2.43. The van der Waals surface area contributed by atoms with E-state index < -0.39 is 0 Å². The Kier molecular flexibility index (Phi) is 3.46. The van der Waals surface area contributed by atoms with Crippen LogP contribution in [0.5, 0.6) is 0 Å². The largest absolute Gasteiger partial charge is 0.399 e. The Bertz CT molecular complexity index is 354. The van der Waals surface area contributed by atoms with Crippen molar-refractivity contribution in [1.82, 2.24) is 4.90 Å². The Labute approximate surface area is 96.9 Å². The van der Waals surface area contributed by atoms with Crippen molar-refractivity contribution in [2.75, 3.05) is 25.9 Å². The van der Waals surface area contributed by atoms with Crippen molar-refractivity contribution in [1.29, 1.82) is 0 Å². The van der Waals surface area contributed by atoms with Gasteiger partial charge < -0.3 is 15.7 Å². The Morgan fingerprint density at radius 1 is 1.50 bits per heavy atom. The molecular formula is C13H20N2O. The highest BCUT2D eigenvalue weighted by Crippen LogP contribution is 2.21. The lowest BCUT2D eigenvalue weighted by Crippen LogP contribution is -2.41. The number of benzene rings is 1. The molecule has 0 aliphatic carbocycles. The number of hydrogen-bond acceptors (Lipinski definition) is 3. The molecule has 1 aliphatic rings. The third-order valence-electron chi connectivity index (χ3n) is 3.35. The van der Waals surface area contributed by atoms with E-state index in [4.69, 9.17) is 5.73 Å². The fraction of sp³-hybridized carbons (Fsp3) is 0.538. The lowest BCUT2D eigenvalue weighted by atomic mass is 9.89. The van der Waals surface area contributed by atoms with Crippen LogP contribution in [0.4, 0.5) is 5.69 Å². The molecule has 1 heterocycles. The summed E-state index contributed by atoms with van der Waals surface area (Å²) in [6, 6.07) is 7.95. The predicted molar refractivity (Wildman–Crippen MR) is 66.2 cm³/mol. The third kappa shape index (κ3) is 2.74. The summed E-state index contributed by atoms with van der Waals surface area (Å²) in [7, 11) is 2.11. The average molecular weight is 220 g/mol. The smallest absolute Gasteiger partial charge is 0.0596 e. The monoisotopic (exact) mass is 220 g/mol. The van der Waals surface area contributed by atoms with E-state index in [0.29, 0.717) is 5.92 Å². The number of nitrogen functional groups attached to an aromatic ring is 1. The minimum atomic E-state index is -0.169. The first-order valence-corrected chi connectivity index (χ1v) is 5.86. The second kappa shape index (κ2) is 4.85. The molecule has 0 spiro atoms. The molecule has 3 nitrogen and oxygen atoms in total. The van der Waals surface area contributed by atoms with Crippen LogP contribution in [0.1, 0.15) is 12.0 Å². The zero-order chi connectivity index (χ0) is 11.5. The molecule has 1 aromatic rings. The van der Waals surface area contributed by atoms with Crippen molar-refractivity contribution < 1.29 is 5.11 Å². The molecule has 2 rings (SSSR count). The zero-order valence-corrected chi connectivity index (χ0v) is 9.76. The first-order valence-electron chi connectivity index (χ1n) is 5.86. The summed E-state index contributed by atoms with van der Waals surface area (Å²) in [6.07, 6.45) is 1.62. The Balaban J connectivity index is 2.02. The van der Waals surface area contributed by atoms with E-state index in [2.05, 4.69) is 18.0 Å². The number of anilines is 1. The highest BCUT2D eigenvalue weighted by atomic mass is 16.3. The van der Waals surface area contributed by atoms with Gasteiger partial charge in [0.15, 0.2) is 0 Å². The van der Waals surface area contributed by atoms with Crippen LogP contribution >= 0.6 is 0 Å². The van der Waals surface area contributed by atoms with Gasteiger partial charge in [-0.3, -0.25) is 0 Å². The Morgan fingerprint density at radius 3 is 3.06 bits per heavy atom. The summed E-state index contributed by atoms with van der Waals surface area (Å²) in [4.78, 5) is 2.28. The number of likely N-dealkylation sites (tertiary alicyclic amines) is 1. The lowest BCUT2D eigenvalue weighted by Gasteiger charge is -2.34. The van der Waals surface area contributed by atoms with E-state index in [1.54, 1.807) is 0 Å². The second-order valence-corrected chi connectivity index (χ2v) is 4.83. The van der Waals surface area contributed by atoms with Crippen LogP contribution in [0.2, 0.25) is 0 Å². The topological polar surface area (TPSA) is 49.5 Å². The first kappa shape index (κ1) is 11.4. The molecule has 0 saturated carbocycles. The van der Waals surface area contributed by atoms with Gasteiger partial charge in [-0.15, -0.1) is 0 Å². The molecule has 1 aliphatic heterocycles. The van der Waals surface area contributed by atoms with Crippen LogP contribution < -0.4 is 5.73 Å². The minimum Gasteiger partial charge on any atom is -0.399 e. The Morgan fingerprint density at radius 2 is 2.31 bits per heavy atom. The van der Waals surface area contributed by atoms with Crippen molar-refractivity contribution in [2.24, 2.45) is 5.92 Å². The van der Waals surface area contributed by atoms with E-state index in [9.17, 15) is 5.11 Å². The highest BCUT2D eigenvalue weighted by molar-refractivity contribution is 5.40. The van der Waals surface area contributed by atoms with Gasteiger partial charge in [0.2, 0.25) is 0 Å². The summed E-state index contributed by atoms with van der Waals surface area (Å²) in [5, 5.41) is 9.96. The summed E-state index contributed by atoms with van der Waals surface area (Å²) < 4.78 is 0. The molecule has 16 heavy (non-hydrogen) atoms. The van der Waals surface area contributed by atoms with Crippen molar-refractivity contribution >= 4 is 5.69 Å². The maximum Gasteiger partial charge on any atom is 0.0596 e. The number of piperidine rings is 1. The quantitative estimate of drug-likeness (QED) is 0.734. The standard InChI is InChI=1S/C13H20N2O/c1-15-6-5-13(16)11(9-15)7-10-3-2-4-12(14)8-10/h2-4,8,11,13,16H,5-7,9,14H2,1H3. The number of nitrogens with zero attached hydrogens (tertiary/aromatic N) is 1. The van der Waals surface area contributed by atoms with Gasteiger partial charge in [0.05, 0.1) is 6.10 Å². The van der Waals surface area contributed by atoms with Gasteiger partial charge in [0, 0.05) is 24.7 Å². The molecule has 2 atom stereocenters. The maximum atomic E-state index is 9.96. The normalized spacial score (nSPS) is 26.9. The van der Waals surface area contributed by atoms with Gasteiger partial charge in [-0.1, -0.05) is 12.1 Å². The number of hydrogen-bond donors (Lipinski definition) is 2. The van der Waals surface area contributed by atoms with Gasteiger partial charge in [-0.05, 0) is 37.6 Å². The minimum absolute atomic E-state index is 0.169. The summed E-state index contributed by atoms with van der Waals surface area (Å²) in [6.45, 7) is 1.96. The molecule has 0 bridgehead atoms. The van der Waals surface area contributed by atoms with E-state index in [1.807, 2.05) is 18.2 Å². The predicted octanol–water partition coefficient (Wildman–Crippen LogP) is 1.12. The fourth-order valence-corrected chi connectivity index (χ4v) is 2.43. The van der Waals surface area contributed by atoms with Crippen molar-refractivity contribution in [3.05, 3.63) is 29.8 Å². The van der Waals surface area contributed by atoms with Gasteiger partial charge in [0.1, 0.15) is 0 Å². The molecule has 88 valence electrons. The lowest BCUT2D eigenvalue weighted by molar-refractivity contribution is 0.0366. The van der Waals surface area contributed by atoms with Crippen LogP contribution in [0, 0.1) is 5.92 Å². The molecule has 0 amide bonds. The SMILES string of the molecule is CN1CCC(O)C(Cc2cccc(N)c2)C1. The van der Waals surface area contributed by atoms with Gasteiger partial charge >= 0.3 is 0 Å². The molecule has 0 aromatic heterocycles. The molecule has 3 N–H and O–H groups in total. The highest BCUT2D eigenvalue weighted by Gasteiger charge is 2.25. The van der Waals surface area contributed by atoms with Gasteiger partial charge in [-0.2, -0.15) is 0 Å². The number of aliphatic hydroxyl groups excluding tert-OH is 1. The van der Waals surface area contributed by atoms with Crippen molar-refractivity contribution in [3.8, 4) is 0 Å². The van der Waals surface area contributed by atoms with Crippen LogP contribution in [0.25, 0.3) is 0 Å². The van der Waals surface area contributed by atoms with Crippen LogP contribution in [-0.4, -0.2) is 36.2 Å². The molecular weight excluding hydrogens is 200 g/mol. The molecule has 2 unspecified atom stereocenters. The second-order valence-electron chi connectivity index (χ2n) is 4.83. The van der Waals surface area contributed by atoms with Crippen LogP contribution in [0.15, 0.2) is 24.3 Å².